The molecule has 3 N–H and O–H groups in total. The molecule has 0 unspecified atom stereocenters. The molecule has 3 rings (SSSR count). The number of nitrogens with zero attached hydrogens (tertiary/aromatic N) is 3. The van der Waals surface area contributed by atoms with Gasteiger partial charge in [0.2, 0.25) is 11.1 Å². The van der Waals surface area contributed by atoms with Crippen LogP contribution in [0.15, 0.2) is 51.4 Å². The Morgan fingerprint density at radius 2 is 2.08 bits per heavy atom. The van der Waals surface area contributed by atoms with Crippen LogP contribution in [-0.2, 0) is 4.79 Å². The van der Waals surface area contributed by atoms with Crippen molar-refractivity contribution in [1.29, 1.82) is 0 Å². The first-order valence-electron chi connectivity index (χ1n) is 7.06. The molecule has 0 saturated carbocycles. The summed E-state index contributed by atoms with van der Waals surface area (Å²) in [6.07, 6.45) is 0.363. The van der Waals surface area contributed by atoms with Crippen LogP contribution in [0.2, 0.25) is 0 Å². The predicted octanol–water partition coefficient (Wildman–Crippen LogP) is 3.60. The Labute approximate surface area is 155 Å². The summed E-state index contributed by atoms with van der Waals surface area (Å²) in [6.45, 7) is 0. The number of nitrogens with one attached hydrogen (secondary N) is 1. The van der Waals surface area contributed by atoms with E-state index in [1.54, 1.807) is 11.3 Å². The smallest absolute Gasteiger partial charge is 0.225 e. The van der Waals surface area contributed by atoms with Crippen LogP contribution in [0.3, 0.4) is 0 Å². The molecule has 3 aromatic rings. The number of carbonyl (C=O) groups excluding carboxylic acids is 1. The fourth-order valence-electron chi connectivity index (χ4n) is 1.94. The van der Waals surface area contributed by atoms with Crippen LogP contribution < -0.4 is 11.2 Å². The first-order valence-corrected chi connectivity index (χ1v) is 9.72. The molecule has 1 amide bonds. The fraction of sp³-hybridized carbons (Fsp3) is 0.133. The van der Waals surface area contributed by atoms with Crippen molar-refractivity contribution in [3.63, 3.8) is 0 Å². The Balaban J connectivity index is 1.51. The highest BCUT2D eigenvalue weighted by atomic mass is 79.9. The molecule has 0 aliphatic heterocycles. The van der Waals surface area contributed by atoms with Gasteiger partial charge in [-0.2, -0.15) is 0 Å². The number of nitrogen functional groups attached to an aromatic ring is 1. The molecular formula is C15H14BrN5OS2. The summed E-state index contributed by atoms with van der Waals surface area (Å²) in [5.74, 6) is 7.17. The van der Waals surface area contributed by atoms with E-state index in [0.717, 1.165) is 15.0 Å². The quantitative estimate of drug-likeness (QED) is 0.467. The van der Waals surface area contributed by atoms with Gasteiger partial charge >= 0.3 is 0 Å². The van der Waals surface area contributed by atoms with Crippen molar-refractivity contribution in [1.82, 2.24) is 14.9 Å². The molecule has 0 saturated heterocycles. The molecule has 1 aromatic carbocycles. The molecule has 0 spiro atoms. The van der Waals surface area contributed by atoms with Gasteiger partial charge in [-0.3, -0.25) is 4.79 Å². The molecule has 2 aromatic heterocycles. The largest absolute Gasteiger partial charge is 0.335 e. The number of anilines is 1. The van der Waals surface area contributed by atoms with E-state index in [1.807, 2.05) is 41.8 Å². The van der Waals surface area contributed by atoms with E-state index in [0.29, 0.717) is 23.2 Å². The topological polar surface area (TPSA) is 85.8 Å². The molecule has 0 aliphatic rings. The summed E-state index contributed by atoms with van der Waals surface area (Å²) in [5.41, 5.74) is 0.773. The normalized spacial score (nSPS) is 10.7. The lowest BCUT2D eigenvalue weighted by molar-refractivity contribution is -0.115. The standard InChI is InChI=1S/C15H14BrN5OS2/c16-10-3-5-11(6-4-10)18-13(22)7-9-24-15-20-19-14(21(15)17)12-2-1-8-23-12/h1-6,8H,7,9,17H2,(H,18,22). The van der Waals surface area contributed by atoms with Gasteiger partial charge in [0.25, 0.3) is 0 Å². The van der Waals surface area contributed by atoms with Gasteiger partial charge in [0.15, 0.2) is 5.82 Å². The third kappa shape index (κ3) is 4.16. The van der Waals surface area contributed by atoms with Gasteiger partial charge in [-0.15, -0.1) is 21.5 Å². The van der Waals surface area contributed by atoms with Gasteiger partial charge in [-0.05, 0) is 35.7 Å². The molecule has 9 heteroatoms. The van der Waals surface area contributed by atoms with Gasteiger partial charge in [-0.25, -0.2) is 4.68 Å². The second kappa shape index (κ2) is 7.82. The number of thiophene rings is 1. The average molecular weight is 424 g/mol. The molecule has 0 radical (unpaired) electrons. The maximum Gasteiger partial charge on any atom is 0.225 e. The third-order valence-electron chi connectivity index (χ3n) is 3.09. The van der Waals surface area contributed by atoms with E-state index in [2.05, 4.69) is 31.4 Å². The SMILES string of the molecule is Nn1c(SCCC(=O)Nc2ccc(Br)cc2)nnc1-c1cccs1. The summed E-state index contributed by atoms with van der Waals surface area (Å²) >= 11 is 6.32. The van der Waals surface area contributed by atoms with Gasteiger partial charge in [0.1, 0.15) is 0 Å². The highest BCUT2D eigenvalue weighted by Crippen LogP contribution is 2.25. The van der Waals surface area contributed by atoms with Crippen molar-refractivity contribution in [3.05, 3.63) is 46.3 Å². The zero-order valence-electron chi connectivity index (χ0n) is 12.5. The van der Waals surface area contributed by atoms with E-state index >= 15 is 0 Å². The lowest BCUT2D eigenvalue weighted by Crippen LogP contribution is -2.13. The summed E-state index contributed by atoms with van der Waals surface area (Å²) in [6, 6.07) is 11.3. The molecule has 124 valence electrons. The number of carbonyl (C=O) groups is 1. The van der Waals surface area contributed by atoms with Crippen molar-refractivity contribution in [3.8, 4) is 10.7 Å². The Hall–Kier alpha value is -1.84. The fourth-order valence-corrected chi connectivity index (χ4v) is 3.70. The number of hydrogen-bond donors (Lipinski definition) is 2. The minimum absolute atomic E-state index is 0.0496. The van der Waals surface area contributed by atoms with Crippen molar-refractivity contribution in [2.75, 3.05) is 16.9 Å². The van der Waals surface area contributed by atoms with Crippen LogP contribution >= 0.6 is 39.0 Å². The average Bonchev–Trinajstić information content (AvgIpc) is 3.20. The monoisotopic (exact) mass is 423 g/mol. The molecular weight excluding hydrogens is 410 g/mol. The maximum absolute atomic E-state index is 12.0. The Kier molecular flexibility index (Phi) is 5.54. The first-order chi connectivity index (χ1) is 11.6. The van der Waals surface area contributed by atoms with Crippen molar-refractivity contribution < 1.29 is 4.79 Å². The summed E-state index contributed by atoms with van der Waals surface area (Å²) in [7, 11) is 0. The molecule has 0 atom stereocenters. The van der Waals surface area contributed by atoms with E-state index in [4.69, 9.17) is 5.84 Å². The number of thioether (sulfide) groups is 1. The predicted molar refractivity (Wildman–Crippen MR) is 102 cm³/mol. The second-order valence-electron chi connectivity index (χ2n) is 4.81. The van der Waals surface area contributed by atoms with E-state index in [-0.39, 0.29) is 5.91 Å². The lowest BCUT2D eigenvalue weighted by atomic mass is 10.3. The van der Waals surface area contributed by atoms with Gasteiger partial charge < -0.3 is 11.2 Å². The molecule has 0 bridgehead atoms. The molecule has 2 heterocycles. The van der Waals surface area contributed by atoms with Gasteiger partial charge in [0, 0.05) is 22.3 Å². The van der Waals surface area contributed by atoms with Gasteiger partial charge in [-0.1, -0.05) is 33.8 Å². The third-order valence-corrected chi connectivity index (χ3v) is 5.43. The number of benzene rings is 1. The molecule has 24 heavy (non-hydrogen) atoms. The van der Waals surface area contributed by atoms with Crippen LogP contribution in [-0.4, -0.2) is 26.5 Å². The van der Waals surface area contributed by atoms with Crippen molar-refractivity contribution in [2.45, 2.75) is 11.6 Å². The number of halogens is 1. The molecule has 0 aliphatic carbocycles. The second-order valence-corrected chi connectivity index (χ2v) is 7.73. The van der Waals surface area contributed by atoms with E-state index in [1.165, 1.54) is 16.4 Å². The zero-order chi connectivity index (χ0) is 16.9. The summed E-state index contributed by atoms with van der Waals surface area (Å²) < 4.78 is 2.43. The highest BCUT2D eigenvalue weighted by molar-refractivity contribution is 9.10. The first kappa shape index (κ1) is 17.0. The highest BCUT2D eigenvalue weighted by Gasteiger charge is 2.13. The minimum atomic E-state index is -0.0496. The van der Waals surface area contributed by atoms with Crippen molar-refractivity contribution in [2.24, 2.45) is 0 Å². The summed E-state index contributed by atoms with van der Waals surface area (Å²) in [5, 5.41) is 13.6. The lowest BCUT2D eigenvalue weighted by Gasteiger charge is -2.05. The molecule has 0 fully saturated rings. The van der Waals surface area contributed by atoms with Crippen molar-refractivity contribution >= 4 is 50.6 Å². The Morgan fingerprint density at radius 3 is 2.79 bits per heavy atom. The maximum atomic E-state index is 12.0. The minimum Gasteiger partial charge on any atom is -0.335 e. The number of amides is 1. The Bertz CT molecular complexity index is 817. The van der Waals surface area contributed by atoms with E-state index in [9.17, 15) is 4.79 Å². The van der Waals surface area contributed by atoms with Crippen LogP contribution in [0.1, 0.15) is 6.42 Å². The number of nitrogens with two attached hydrogens (primary N) is 1. The van der Waals surface area contributed by atoms with Crippen LogP contribution in [0.25, 0.3) is 10.7 Å². The molecule has 6 nitrogen and oxygen atoms in total. The van der Waals surface area contributed by atoms with Crippen LogP contribution in [0.4, 0.5) is 5.69 Å². The van der Waals surface area contributed by atoms with Gasteiger partial charge in [0.05, 0.1) is 4.88 Å². The summed E-state index contributed by atoms with van der Waals surface area (Å²) in [4.78, 5) is 12.9. The van der Waals surface area contributed by atoms with E-state index < -0.39 is 0 Å². The van der Waals surface area contributed by atoms with Crippen LogP contribution in [0, 0.1) is 0 Å². The van der Waals surface area contributed by atoms with Crippen LogP contribution in [0.5, 0.6) is 0 Å². The Morgan fingerprint density at radius 1 is 1.29 bits per heavy atom. The zero-order valence-corrected chi connectivity index (χ0v) is 15.7. The number of hydrogen-bond acceptors (Lipinski definition) is 6. The number of aromatic nitrogens is 3. The number of rotatable bonds is 6.